The van der Waals surface area contributed by atoms with Crippen molar-refractivity contribution in [1.29, 1.82) is 0 Å². The Morgan fingerprint density at radius 3 is 2.37 bits per heavy atom. The molecule has 0 atom stereocenters. The first-order valence-electron chi connectivity index (χ1n) is 8.90. The lowest BCUT2D eigenvalue weighted by Crippen LogP contribution is -2.43. The highest BCUT2D eigenvalue weighted by molar-refractivity contribution is 5.79. The van der Waals surface area contributed by atoms with Crippen LogP contribution in [-0.2, 0) is 11.8 Å². The van der Waals surface area contributed by atoms with Gasteiger partial charge in [0.2, 0.25) is 0 Å². The lowest BCUT2D eigenvalue weighted by Gasteiger charge is -2.34. The Bertz CT molecular complexity index is 1050. The minimum Gasteiger partial charge on any atom is -0.444 e. The molecule has 0 bridgehead atoms. The minimum absolute atomic E-state index is 0.105. The molecule has 1 fully saturated rings. The smallest absolute Gasteiger partial charge is 0.410 e. The molecular weight excluding hydrogens is 352 g/mol. The van der Waals surface area contributed by atoms with Crippen molar-refractivity contribution in [2.75, 3.05) is 13.1 Å². The first kappa shape index (κ1) is 18.9. The van der Waals surface area contributed by atoms with Crippen LogP contribution >= 0.6 is 0 Å². The average molecular weight is 376 g/mol. The highest BCUT2D eigenvalue weighted by atomic mass is 16.6. The molecule has 1 N–H and O–H groups in total. The second-order valence-electron chi connectivity index (χ2n) is 7.85. The zero-order chi connectivity index (χ0) is 19.9. The predicted octanol–water partition coefficient (Wildman–Crippen LogP) is 0.960. The van der Waals surface area contributed by atoms with Crippen molar-refractivity contribution in [3.63, 3.8) is 0 Å². The minimum atomic E-state index is -0.559. The van der Waals surface area contributed by atoms with Gasteiger partial charge in [0, 0.05) is 38.4 Å². The maximum atomic E-state index is 12.5. The van der Waals surface area contributed by atoms with Crippen molar-refractivity contribution < 1.29 is 9.53 Å². The number of likely N-dealkylation sites (tertiary alicyclic amines) is 1. The van der Waals surface area contributed by atoms with Crippen molar-refractivity contribution in [3.8, 4) is 0 Å². The lowest BCUT2D eigenvalue weighted by atomic mass is 10.0. The first-order chi connectivity index (χ1) is 12.6. The number of carbonyl (C=O) groups is 1. The van der Waals surface area contributed by atoms with Crippen LogP contribution in [-0.4, -0.2) is 44.0 Å². The summed E-state index contributed by atoms with van der Waals surface area (Å²) in [6, 6.07) is 1.07. The molecule has 0 radical (unpaired) electrons. The number of aromatic amines is 1. The Kier molecular flexibility index (Phi) is 4.71. The predicted molar refractivity (Wildman–Crippen MR) is 100 cm³/mol. The number of carbonyl (C=O) groups excluding carboxylic acids is 1. The molecule has 0 aliphatic carbocycles. The number of nitrogens with zero attached hydrogens (tertiary/aromatic N) is 3. The summed E-state index contributed by atoms with van der Waals surface area (Å²) in [4.78, 5) is 50.6. The fourth-order valence-corrected chi connectivity index (χ4v) is 3.29. The van der Waals surface area contributed by atoms with E-state index in [-0.39, 0.29) is 28.5 Å². The summed E-state index contributed by atoms with van der Waals surface area (Å²) in [6.45, 7) is 6.35. The normalized spacial score (nSPS) is 15.9. The molecule has 0 saturated carbocycles. The second-order valence-corrected chi connectivity index (χ2v) is 7.85. The molecule has 0 unspecified atom stereocenters. The van der Waals surface area contributed by atoms with E-state index in [4.69, 9.17) is 4.74 Å². The Hall–Kier alpha value is -2.84. The molecule has 2 aromatic rings. The fourth-order valence-electron chi connectivity index (χ4n) is 3.29. The van der Waals surface area contributed by atoms with Crippen LogP contribution in [0.25, 0.3) is 10.8 Å². The maximum absolute atomic E-state index is 12.5. The van der Waals surface area contributed by atoms with Crippen LogP contribution in [0, 0.1) is 0 Å². The number of hydrogen-bond acceptors (Lipinski definition) is 5. The van der Waals surface area contributed by atoms with E-state index in [1.807, 2.05) is 20.8 Å². The summed E-state index contributed by atoms with van der Waals surface area (Å²) < 4.78 is 7.93. The van der Waals surface area contributed by atoms with Gasteiger partial charge < -0.3 is 14.2 Å². The SMILES string of the molecule is Cn1[nH]c(=O)c2cn(C3CCN(C(=O)OC(C)(C)C)CC3)c(=O)cc2c1=O. The molecule has 0 spiro atoms. The Balaban J connectivity index is 1.85. The number of H-pyrrole nitrogens is 1. The molecular formula is C18H24N4O5. The van der Waals surface area contributed by atoms with Gasteiger partial charge >= 0.3 is 6.09 Å². The number of amides is 1. The van der Waals surface area contributed by atoms with E-state index < -0.39 is 16.7 Å². The van der Waals surface area contributed by atoms with Gasteiger partial charge in [0.25, 0.3) is 16.7 Å². The third kappa shape index (κ3) is 3.81. The quantitative estimate of drug-likeness (QED) is 0.798. The summed E-state index contributed by atoms with van der Waals surface area (Å²) in [6.07, 6.45) is 2.21. The van der Waals surface area contributed by atoms with Crippen LogP contribution in [0.1, 0.15) is 39.7 Å². The largest absolute Gasteiger partial charge is 0.444 e. The zero-order valence-corrected chi connectivity index (χ0v) is 15.9. The Labute approximate surface area is 155 Å². The van der Waals surface area contributed by atoms with Crippen molar-refractivity contribution in [3.05, 3.63) is 43.3 Å². The third-order valence-electron chi connectivity index (χ3n) is 4.64. The molecule has 1 saturated heterocycles. The van der Waals surface area contributed by atoms with E-state index in [1.54, 1.807) is 4.90 Å². The van der Waals surface area contributed by atoms with Crippen LogP contribution in [0.5, 0.6) is 0 Å². The Morgan fingerprint density at radius 2 is 1.78 bits per heavy atom. The first-order valence-corrected chi connectivity index (χ1v) is 8.90. The van der Waals surface area contributed by atoms with E-state index in [9.17, 15) is 19.2 Å². The molecule has 9 heteroatoms. The molecule has 146 valence electrons. The van der Waals surface area contributed by atoms with E-state index in [2.05, 4.69) is 5.10 Å². The van der Waals surface area contributed by atoms with Crippen LogP contribution in [0.3, 0.4) is 0 Å². The molecule has 3 heterocycles. The molecule has 3 rings (SSSR count). The number of nitrogens with one attached hydrogen (secondary N) is 1. The number of aryl methyl sites for hydroxylation is 1. The molecule has 1 aliphatic rings. The lowest BCUT2D eigenvalue weighted by molar-refractivity contribution is 0.0187. The van der Waals surface area contributed by atoms with Crippen molar-refractivity contribution in [2.45, 2.75) is 45.3 Å². The van der Waals surface area contributed by atoms with Gasteiger partial charge in [-0.1, -0.05) is 0 Å². The molecule has 0 aromatic carbocycles. The fraction of sp³-hybridized carbons (Fsp3) is 0.556. The number of hydrogen-bond donors (Lipinski definition) is 1. The number of fused-ring (bicyclic) bond motifs is 1. The number of ether oxygens (including phenoxy) is 1. The van der Waals surface area contributed by atoms with E-state index in [1.165, 1.54) is 23.9 Å². The maximum Gasteiger partial charge on any atom is 0.410 e. The summed E-state index contributed by atoms with van der Waals surface area (Å²) in [5.74, 6) is 0. The van der Waals surface area contributed by atoms with Gasteiger partial charge in [-0.15, -0.1) is 0 Å². The van der Waals surface area contributed by atoms with Gasteiger partial charge in [-0.25, -0.2) is 4.79 Å². The molecule has 27 heavy (non-hydrogen) atoms. The Morgan fingerprint density at radius 1 is 1.15 bits per heavy atom. The van der Waals surface area contributed by atoms with Crippen LogP contribution in [0.2, 0.25) is 0 Å². The highest BCUT2D eigenvalue weighted by Crippen LogP contribution is 2.23. The van der Waals surface area contributed by atoms with Gasteiger partial charge in [0.1, 0.15) is 5.60 Å². The van der Waals surface area contributed by atoms with Crippen molar-refractivity contribution in [2.24, 2.45) is 7.05 Å². The summed E-state index contributed by atoms with van der Waals surface area (Å²) in [7, 11) is 1.43. The molecule has 1 amide bonds. The number of rotatable bonds is 1. The van der Waals surface area contributed by atoms with Crippen LogP contribution < -0.4 is 16.7 Å². The monoisotopic (exact) mass is 376 g/mol. The van der Waals surface area contributed by atoms with E-state index in [0.717, 1.165) is 4.68 Å². The highest BCUT2D eigenvalue weighted by Gasteiger charge is 2.28. The summed E-state index contributed by atoms with van der Waals surface area (Å²) in [5, 5.41) is 2.73. The zero-order valence-electron chi connectivity index (χ0n) is 15.9. The van der Waals surface area contributed by atoms with Gasteiger partial charge in [0.05, 0.1) is 10.8 Å². The second kappa shape index (κ2) is 6.71. The molecule has 2 aromatic heterocycles. The van der Waals surface area contributed by atoms with Crippen LogP contribution in [0.15, 0.2) is 26.6 Å². The molecule has 1 aliphatic heterocycles. The van der Waals surface area contributed by atoms with Gasteiger partial charge in [-0.2, -0.15) is 0 Å². The topological polar surface area (TPSA) is 106 Å². The summed E-state index contributed by atoms with van der Waals surface area (Å²) >= 11 is 0. The van der Waals surface area contributed by atoms with Crippen molar-refractivity contribution >= 4 is 16.9 Å². The number of aromatic nitrogens is 3. The standard InChI is InChI=1S/C18H24N4O5/c1-18(2,3)27-17(26)21-7-5-11(6-8-21)22-10-13-12(9-14(22)23)16(25)20(4)19-15(13)24/h9-11H,5-8H2,1-4H3,(H,19,24). The number of pyridine rings is 1. The third-order valence-corrected chi connectivity index (χ3v) is 4.64. The van der Waals surface area contributed by atoms with E-state index >= 15 is 0 Å². The number of piperidine rings is 1. The van der Waals surface area contributed by atoms with Gasteiger partial charge in [0.15, 0.2) is 0 Å². The van der Waals surface area contributed by atoms with E-state index in [0.29, 0.717) is 25.9 Å². The summed E-state index contributed by atoms with van der Waals surface area (Å²) in [5.41, 5.74) is -1.74. The average Bonchev–Trinajstić information content (AvgIpc) is 2.58. The molecule has 9 nitrogen and oxygen atoms in total. The van der Waals surface area contributed by atoms with Gasteiger partial charge in [-0.3, -0.25) is 24.2 Å². The van der Waals surface area contributed by atoms with Crippen molar-refractivity contribution in [1.82, 2.24) is 19.2 Å². The van der Waals surface area contributed by atoms with Gasteiger partial charge in [-0.05, 0) is 33.6 Å². The van der Waals surface area contributed by atoms with Crippen LogP contribution in [0.4, 0.5) is 4.79 Å².